The van der Waals surface area contributed by atoms with Crippen molar-refractivity contribution in [1.29, 1.82) is 0 Å². The van der Waals surface area contributed by atoms with Gasteiger partial charge in [-0.25, -0.2) is 8.78 Å². The maximum Gasteiger partial charge on any atom is 0.255 e. The fraction of sp³-hybridized carbons (Fsp3) is 0.222. The molecule has 0 aliphatic heterocycles. The van der Waals surface area contributed by atoms with E-state index < -0.39 is 29.0 Å². The first-order valence-corrected chi connectivity index (χ1v) is 8.68. The Bertz CT molecular complexity index is 890. The van der Waals surface area contributed by atoms with Gasteiger partial charge in [-0.2, -0.15) is 0 Å². The fourth-order valence-electron chi connectivity index (χ4n) is 2.22. The number of methoxy groups -OCH3 is 1. The van der Waals surface area contributed by atoms with Gasteiger partial charge in [0.1, 0.15) is 11.6 Å². The van der Waals surface area contributed by atoms with Gasteiger partial charge in [-0.3, -0.25) is 9.59 Å². The first-order chi connectivity index (χ1) is 12.8. The monoisotopic (exact) mass is 442 g/mol. The summed E-state index contributed by atoms with van der Waals surface area (Å²) in [5, 5.41) is 2.28. The van der Waals surface area contributed by atoms with E-state index in [4.69, 9.17) is 15.2 Å². The molecule has 0 fully saturated rings. The van der Waals surface area contributed by atoms with Gasteiger partial charge in [0.05, 0.1) is 29.4 Å². The summed E-state index contributed by atoms with van der Waals surface area (Å²) in [6, 6.07) is 4.21. The molecule has 9 heteroatoms. The molecule has 0 bridgehead atoms. The molecule has 0 saturated heterocycles. The molecule has 2 rings (SSSR count). The van der Waals surface area contributed by atoms with Crippen molar-refractivity contribution in [3.8, 4) is 11.5 Å². The largest absolute Gasteiger partial charge is 0.493 e. The average Bonchev–Trinajstić information content (AvgIpc) is 2.61. The van der Waals surface area contributed by atoms with Crippen LogP contribution in [-0.4, -0.2) is 25.5 Å². The van der Waals surface area contributed by atoms with Crippen LogP contribution in [0.1, 0.15) is 34.1 Å². The number of halogens is 3. The molecule has 144 valence electrons. The Balaban J connectivity index is 2.35. The minimum absolute atomic E-state index is 0.131. The molecule has 2 aromatic carbocycles. The summed E-state index contributed by atoms with van der Waals surface area (Å²) in [5.41, 5.74) is 4.26. The number of benzene rings is 2. The van der Waals surface area contributed by atoms with Crippen molar-refractivity contribution < 1.29 is 27.8 Å². The van der Waals surface area contributed by atoms with Crippen LogP contribution in [-0.2, 0) is 0 Å². The van der Waals surface area contributed by atoms with Crippen molar-refractivity contribution in [2.24, 2.45) is 5.73 Å². The third kappa shape index (κ3) is 4.73. The summed E-state index contributed by atoms with van der Waals surface area (Å²) in [7, 11) is 1.42. The summed E-state index contributed by atoms with van der Waals surface area (Å²) in [4.78, 5) is 23.7. The van der Waals surface area contributed by atoms with E-state index in [0.717, 1.165) is 12.5 Å². The normalized spacial score (nSPS) is 10.4. The first-order valence-electron chi connectivity index (χ1n) is 7.89. The second-order valence-electron chi connectivity index (χ2n) is 5.47. The van der Waals surface area contributed by atoms with E-state index in [1.807, 2.05) is 6.92 Å². The Labute approximate surface area is 162 Å². The molecule has 0 atom stereocenters. The van der Waals surface area contributed by atoms with Crippen LogP contribution in [0.2, 0.25) is 0 Å². The summed E-state index contributed by atoms with van der Waals surface area (Å²) < 4.78 is 38.8. The molecular weight excluding hydrogens is 426 g/mol. The smallest absolute Gasteiger partial charge is 0.255 e. The lowest BCUT2D eigenvalue weighted by atomic mass is 10.1. The number of hydrogen-bond donors (Lipinski definition) is 2. The van der Waals surface area contributed by atoms with Gasteiger partial charge in [-0.1, -0.05) is 6.92 Å². The molecule has 0 aliphatic carbocycles. The minimum atomic E-state index is -1.11. The highest BCUT2D eigenvalue weighted by Gasteiger charge is 2.19. The van der Waals surface area contributed by atoms with Crippen molar-refractivity contribution in [3.05, 3.63) is 51.5 Å². The molecule has 0 aromatic heterocycles. The maximum atomic E-state index is 13.9. The highest BCUT2D eigenvalue weighted by Crippen LogP contribution is 2.37. The maximum absolute atomic E-state index is 13.9. The molecule has 0 unspecified atom stereocenters. The molecule has 2 amide bonds. The number of primary amides is 1. The summed E-state index contributed by atoms with van der Waals surface area (Å²) in [5.74, 6) is -3.19. The van der Waals surface area contributed by atoms with Gasteiger partial charge in [0.25, 0.3) is 11.8 Å². The standard InChI is InChI=1S/C18H17BrF2N2O4/c1-3-4-27-16-11(19)5-9(6-15(16)26-2)18(25)23-14-7-10(17(22)24)12(20)8-13(14)21/h5-8H,3-4H2,1-2H3,(H2,22,24)(H,23,25). The Morgan fingerprint density at radius 3 is 2.48 bits per heavy atom. The quantitative estimate of drug-likeness (QED) is 0.680. The minimum Gasteiger partial charge on any atom is -0.493 e. The Kier molecular flexibility index (Phi) is 6.73. The van der Waals surface area contributed by atoms with Crippen LogP contribution in [0.4, 0.5) is 14.5 Å². The second-order valence-corrected chi connectivity index (χ2v) is 6.32. The van der Waals surface area contributed by atoms with Crippen LogP contribution in [0.25, 0.3) is 0 Å². The lowest BCUT2D eigenvalue weighted by Gasteiger charge is -2.14. The van der Waals surface area contributed by atoms with E-state index in [-0.39, 0.29) is 11.3 Å². The van der Waals surface area contributed by atoms with Gasteiger partial charge in [-0.15, -0.1) is 0 Å². The zero-order chi connectivity index (χ0) is 20.1. The van der Waals surface area contributed by atoms with Crippen molar-refractivity contribution in [3.63, 3.8) is 0 Å². The van der Waals surface area contributed by atoms with Crippen molar-refractivity contribution in [2.75, 3.05) is 19.0 Å². The number of hydrogen-bond acceptors (Lipinski definition) is 4. The Morgan fingerprint density at radius 1 is 1.19 bits per heavy atom. The van der Waals surface area contributed by atoms with Crippen molar-refractivity contribution >= 4 is 33.4 Å². The SMILES string of the molecule is CCCOc1c(Br)cc(C(=O)Nc2cc(C(N)=O)c(F)cc2F)cc1OC. The van der Waals surface area contributed by atoms with Crippen molar-refractivity contribution in [1.82, 2.24) is 0 Å². The van der Waals surface area contributed by atoms with E-state index in [1.54, 1.807) is 0 Å². The van der Waals surface area contributed by atoms with Gasteiger partial charge in [0.15, 0.2) is 11.5 Å². The van der Waals surface area contributed by atoms with Crippen molar-refractivity contribution in [2.45, 2.75) is 13.3 Å². The van der Waals surface area contributed by atoms with Crippen LogP contribution in [0, 0.1) is 11.6 Å². The molecule has 0 aliphatic rings. The van der Waals surface area contributed by atoms with E-state index >= 15 is 0 Å². The number of amides is 2. The summed E-state index contributed by atoms with van der Waals surface area (Å²) in [6.45, 7) is 2.40. The molecular formula is C18H17BrF2N2O4. The molecule has 0 saturated carbocycles. The number of nitrogens with one attached hydrogen (secondary N) is 1. The highest BCUT2D eigenvalue weighted by molar-refractivity contribution is 9.10. The molecule has 2 aromatic rings. The lowest BCUT2D eigenvalue weighted by Crippen LogP contribution is -2.17. The van der Waals surface area contributed by atoms with Crippen LogP contribution in [0.3, 0.4) is 0 Å². The first kappa shape index (κ1) is 20.6. The molecule has 0 spiro atoms. The van der Waals surface area contributed by atoms with E-state index in [9.17, 15) is 18.4 Å². The zero-order valence-electron chi connectivity index (χ0n) is 14.6. The van der Waals surface area contributed by atoms with E-state index in [0.29, 0.717) is 28.6 Å². The van der Waals surface area contributed by atoms with Crippen LogP contribution in [0.15, 0.2) is 28.7 Å². The number of nitrogens with two attached hydrogens (primary N) is 1. The van der Waals surface area contributed by atoms with Gasteiger partial charge in [-0.05, 0) is 40.5 Å². The van der Waals surface area contributed by atoms with E-state index in [1.165, 1.54) is 19.2 Å². The fourth-order valence-corrected chi connectivity index (χ4v) is 2.78. The average molecular weight is 443 g/mol. The number of anilines is 1. The Hall–Kier alpha value is -2.68. The number of ether oxygens (including phenoxy) is 2. The summed E-state index contributed by atoms with van der Waals surface area (Å²) >= 11 is 3.31. The Morgan fingerprint density at radius 2 is 1.89 bits per heavy atom. The van der Waals surface area contributed by atoms with Gasteiger partial charge < -0.3 is 20.5 Å². The predicted molar refractivity (Wildman–Crippen MR) is 99.3 cm³/mol. The second kappa shape index (κ2) is 8.81. The topological polar surface area (TPSA) is 90.6 Å². The number of carbonyl (C=O) groups is 2. The number of carbonyl (C=O) groups excluding carboxylic acids is 2. The molecule has 6 nitrogen and oxygen atoms in total. The van der Waals surface area contributed by atoms with Crippen LogP contribution < -0.4 is 20.5 Å². The van der Waals surface area contributed by atoms with Gasteiger partial charge in [0.2, 0.25) is 0 Å². The zero-order valence-corrected chi connectivity index (χ0v) is 16.2. The van der Waals surface area contributed by atoms with Gasteiger partial charge in [0, 0.05) is 11.6 Å². The third-order valence-corrected chi connectivity index (χ3v) is 4.10. The molecule has 0 radical (unpaired) electrons. The van der Waals surface area contributed by atoms with E-state index in [2.05, 4.69) is 21.2 Å². The van der Waals surface area contributed by atoms with Crippen LogP contribution >= 0.6 is 15.9 Å². The predicted octanol–water partition coefficient (Wildman–Crippen LogP) is 3.88. The molecule has 27 heavy (non-hydrogen) atoms. The lowest BCUT2D eigenvalue weighted by molar-refractivity contribution is 0.0992. The van der Waals surface area contributed by atoms with Crippen LogP contribution in [0.5, 0.6) is 11.5 Å². The molecule has 0 heterocycles. The summed E-state index contributed by atoms with van der Waals surface area (Å²) in [6.07, 6.45) is 0.782. The third-order valence-electron chi connectivity index (χ3n) is 3.51. The highest BCUT2D eigenvalue weighted by atomic mass is 79.9. The number of rotatable bonds is 7. The molecule has 3 N–H and O–H groups in total. The van der Waals surface area contributed by atoms with Gasteiger partial charge >= 0.3 is 0 Å².